The monoisotopic (exact) mass is 485 g/mol. The average Bonchev–Trinajstić information content (AvgIpc) is 3.52. The van der Waals surface area contributed by atoms with Gasteiger partial charge < -0.3 is 18.9 Å². The Labute approximate surface area is 198 Å². The van der Waals surface area contributed by atoms with E-state index in [1.54, 1.807) is 24.4 Å². The van der Waals surface area contributed by atoms with Crippen LogP contribution in [0.2, 0.25) is 0 Å². The van der Waals surface area contributed by atoms with Crippen molar-refractivity contribution in [2.45, 2.75) is 38.7 Å². The second kappa shape index (κ2) is 11.3. The third-order valence-electron chi connectivity index (χ3n) is 4.82. The summed E-state index contributed by atoms with van der Waals surface area (Å²) in [6.07, 6.45) is 7.28. The lowest BCUT2D eigenvalue weighted by Gasteiger charge is -2.08. The molecule has 0 unspecified atom stereocenters. The van der Waals surface area contributed by atoms with Gasteiger partial charge in [-0.2, -0.15) is 5.10 Å². The summed E-state index contributed by atoms with van der Waals surface area (Å²) in [5.41, 5.74) is 2.11. The molecule has 1 N–H and O–H groups in total. The Morgan fingerprint density at radius 2 is 1.77 bits per heavy atom. The molecule has 0 spiro atoms. The Kier molecular flexibility index (Phi) is 7.76. The van der Waals surface area contributed by atoms with Crippen LogP contribution in [0.4, 0.5) is 13.2 Å². The summed E-state index contributed by atoms with van der Waals surface area (Å²) in [5.74, 6) is 1.41. The lowest BCUT2D eigenvalue weighted by atomic mass is 10.1. The molecule has 4 rings (SSSR count). The zero-order chi connectivity index (χ0) is 24.5. The number of aryl methyl sites for hydroxylation is 2. The lowest BCUT2D eigenvalue weighted by molar-refractivity contribution is -0.274. The van der Waals surface area contributed by atoms with Crippen molar-refractivity contribution >= 4 is 12.2 Å². The molecule has 0 aliphatic heterocycles. The highest BCUT2D eigenvalue weighted by Crippen LogP contribution is 2.23. The van der Waals surface area contributed by atoms with Crippen LogP contribution in [0, 0.1) is 0 Å². The molecule has 0 fully saturated rings. The molecule has 0 saturated carbocycles. The summed E-state index contributed by atoms with van der Waals surface area (Å²) in [6.45, 7) is 0.151. The number of hydrogen-bond acceptors (Lipinski definition) is 7. The number of hydrogen-bond donors (Lipinski definition) is 1. The van der Waals surface area contributed by atoms with Crippen LogP contribution in [0.3, 0.4) is 0 Å². The molecule has 3 aromatic heterocycles. The van der Waals surface area contributed by atoms with E-state index in [0.29, 0.717) is 23.0 Å². The quantitative estimate of drug-likeness (QED) is 0.284. The fourth-order valence-corrected chi connectivity index (χ4v) is 3.15. The third-order valence-corrected chi connectivity index (χ3v) is 4.82. The molecule has 0 atom stereocenters. The van der Waals surface area contributed by atoms with Crippen LogP contribution >= 0.6 is 0 Å². The number of halogens is 3. The molecular weight excluding hydrogens is 463 g/mol. The molecule has 0 bridgehead atoms. The number of alkyl halides is 3. The van der Waals surface area contributed by atoms with E-state index in [1.165, 1.54) is 30.5 Å². The maximum Gasteiger partial charge on any atom is 0.573 e. The number of oxazole rings is 1. The molecule has 0 radical (unpaired) electrons. The number of aromatic nitrogens is 5. The van der Waals surface area contributed by atoms with Gasteiger partial charge in [0.15, 0.2) is 0 Å². The topological polar surface area (TPSA) is 99.0 Å². The highest BCUT2D eigenvalue weighted by Gasteiger charge is 2.30. The first-order chi connectivity index (χ1) is 16.9. The summed E-state index contributed by atoms with van der Waals surface area (Å²) in [6, 6.07) is 9.10. The van der Waals surface area contributed by atoms with Crippen LogP contribution in [0.25, 0.3) is 12.2 Å². The number of ether oxygens (including phenoxy) is 2. The lowest BCUT2D eigenvalue weighted by Crippen LogP contribution is -2.16. The highest BCUT2D eigenvalue weighted by atomic mass is 19.4. The first-order valence-electron chi connectivity index (χ1n) is 10.8. The number of H-pyrrole nitrogens is 1. The van der Waals surface area contributed by atoms with Crippen molar-refractivity contribution in [1.82, 2.24) is 25.1 Å². The van der Waals surface area contributed by atoms with Crippen molar-refractivity contribution < 1.29 is 27.1 Å². The van der Waals surface area contributed by atoms with Crippen molar-refractivity contribution in [1.29, 1.82) is 0 Å². The highest BCUT2D eigenvalue weighted by molar-refractivity contribution is 5.66. The van der Waals surface area contributed by atoms with E-state index in [2.05, 4.69) is 29.9 Å². The van der Waals surface area contributed by atoms with Gasteiger partial charge in [0.2, 0.25) is 11.8 Å². The molecule has 11 heteroatoms. The van der Waals surface area contributed by atoms with Gasteiger partial charge in [-0.1, -0.05) is 12.1 Å². The van der Waals surface area contributed by atoms with Crippen molar-refractivity contribution in [2.24, 2.45) is 0 Å². The first-order valence-corrected chi connectivity index (χ1v) is 10.8. The Bertz CT molecular complexity index is 1200. The van der Waals surface area contributed by atoms with Crippen LogP contribution in [0.15, 0.2) is 59.5 Å². The van der Waals surface area contributed by atoms with E-state index in [-0.39, 0.29) is 12.4 Å². The zero-order valence-corrected chi connectivity index (χ0v) is 18.5. The predicted molar refractivity (Wildman–Crippen MR) is 120 cm³/mol. The number of unbranched alkanes of at least 4 members (excludes halogenated alkanes) is 1. The standard InChI is InChI=1S/C24H22F3N5O3/c25-24(26,27)35-20-9-5-17(6-10-20)7-11-22-30-19(15-33-22)16-34-23-12-8-18(31-32-23)3-1-2-4-21-28-13-14-29-21/h5-15H,1-4,16H2,(H,28,29). The Morgan fingerprint density at radius 3 is 2.49 bits per heavy atom. The van der Waals surface area contributed by atoms with E-state index in [4.69, 9.17) is 9.15 Å². The van der Waals surface area contributed by atoms with Gasteiger partial charge in [-0.3, -0.25) is 0 Å². The Balaban J connectivity index is 1.20. The normalized spacial score (nSPS) is 11.7. The van der Waals surface area contributed by atoms with Gasteiger partial charge in [-0.05, 0) is 49.1 Å². The van der Waals surface area contributed by atoms with Gasteiger partial charge >= 0.3 is 6.36 Å². The second-order valence-corrected chi connectivity index (χ2v) is 7.52. The van der Waals surface area contributed by atoms with Crippen LogP contribution in [-0.4, -0.2) is 31.5 Å². The molecule has 0 saturated heterocycles. The summed E-state index contributed by atoms with van der Waals surface area (Å²) in [5, 5.41) is 8.29. The molecule has 0 amide bonds. The van der Waals surface area contributed by atoms with Gasteiger partial charge in [-0.15, -0.1) is 18.3 Å². The van der Waals surface area contributed by atoms with E-state index in [1.807, 2.05) is 12.3 Å². The van der Waals surface area contributed by atoms with Crippen LogP contribution < -0.4 is 9.47 Å². The summed E-state index contributed by atoms with van der Waals surface area (Å²) >= 11 is 0. The molecular formula is C24H22F3N5O3. The van der Waals surface area contributed by atoms with E-state index < -0.39 is 6.36 Å². The number of aromatic amines is 1. The average molecular weight is 485 g/mol. The number of benzene rings is 1. The molecule has 3 heterocycles. The summed E-state index contributed by atoms with van der Waals surface area (Å²) < 4.78 is 51.5. The van der Waals surface area contributed by atoms with E-state index >= 15 is 0 Å². The predicted octanol–water partition coefficient (Wildman–Crippen LogP) is 5.40. The molecule has 182 valence electrons. The molecule has 4 aromatic rings. The van der Waals surface area contributed by atoms with Crippen molar-refractivity contribution in [3.05, 3.63) is 83.7 Å². The molecule has 0 aliphatic carbocycles. The second-order valence-electron chi connectivity index (χ2n) is 7.52. The minimum atomic E-state index is -4.72. The third kappa shape index (κ3) is 7.98. The Morgan fingerprint density at radius 1 is 0.943 bits per heavy atom. The van der Waals surface area contributed by atoms with Gasteiger partial charge in [0.05, 0.1) is 5.69 Å². The maximum absolute atomic E-state index is 12.2. The first kappa shape index (κ1) is 24.0. The van der Waals surface area contributed by atoms with Crippen LogP contribution in [0.1, 0.15) is 41.5 Å². The molecule has 8 nitrogen and oxygen atoms in total. The van der Waals surface area contributed by atoms with Gasteiger partial charge in [0.25, 0.3) is 0 Å². The number of nitrogens with zero attached hydrogens (tertiary/aromatic N) is 4. The number of nitrogens with one attached hydrogen (secondary N) is 1. The minimum absolute atomic E-state index is 0.151. The summed E-state index contributed by atoms with van der Waals surface area (Å²) in [4.78, 5) is 11.6. The molecule has 35 heavy (non-hydrogen) atoms. The van der Waals surface area contributed by atoms with Crippen molar-refractivity contribution in [3.8, 4) is 11.6 Å². The fraction of sp³-hybridized carbons (Fsp3) is 0.250. The largest absolute Gasteiger partial charge is 0.573 e. The van der Waals surface area contributed by atoms with Crippen LogP contribution in [-0.2, 0) is 19.4 Å². The van der Waals surface area contributed by atoms with Crippen molar-refractivity contribution in [3.63, 3.8) is 0 Å². The minimum Gasteiger partial charge on any atom is -0.470 e. The maximum atomic E-state index is 12.2. The van der Waals surface area contributed by atoms with Gasteiger partial charge in [0, 0.05) is 31.0 Å². The van der Waals surface area contributed by atoms with Gasteiger partial charge in [-0.25, -0.2) is 9.97 Å². The molecule has 1 aromatic carbocycles. The Hall–Kier alpha value is -4.15. The smallest absolute Gasteiger partial charge is 0.470 e. The van der Waals surface area contributed by atoms with Crippen molar-refractivity contribution in [2.75, 3.05) is 0 Å². The summed E-state index contributed by atoms with van der Waals surface area (Å²) in [7, 11) is 0. The zero-order valence-electron chi connectivity index (χ0n) is 18.5. The number of rotatable bonds is 11. The molecule has 0 aliphatic rings. The number of imidazole rings is 1. The van der Waals surface area contributed by atoms with Gasteiger partial charge in [0.1, 0.15) is 30.1 Å². The van der Waals surface area contributed by atoms with E-state index in [9.17, 15) is 13.2 Å². The van der Waals surface area contributed by atoms with E-state index in [0.717, 1.165) is 37.2 Å². The fourth-order valence-electron chi connectivity index (χ4n) is 3.15. The SMILES string of the molecule is FC(F)(F)Oc1ccc(C=Cc2nc(COc3ccc(CCCCc4ncc[nH]4)nn3)co2)cc1. The van der Waals surface area contributed by atoms with Crippen LogP contribution in [0.5, 0.6) is 11.6 Å².